The molecule has 0 saturated carbocycles. The Bertz CT molecular complexity index is 916. The molecule has 0 aliphatic heterocycles. The van der Waals surface area contributed by atoms with Crippen LogP contribution in [0.3, 0.4) is 0 Å². The molecule has 0 spiro atoms. The molecule has 0 aliphatic carbocycles. The van der Waals surface area contributed by atoms with Crippen molar-refractivity contribution >= 4 is 68.1 Å². The fourth-order valence-corrected chi connectivity index (χ4v) is 2.81. The average molecular weight is 347 g/mol. The van der Waals surface area contributed by atoms with Crippen LogP contribution in [0.4, 0.5) is 0 Å². The summed E-state index contributed by atoms with van der Waals surface area (Å²) in [7, 11) is 0. The van der Waals surface area contributed by atoms with Gasteiger partial charge >= 0.3 is 5.63 Å². The second kappa shape index (κ2) is 8.23. The first-order chi connectivity index (χ1) is 11.1. The molecule has 0 aliphatic rings. The molecule has 2 aromatic carbocycles. The Hall–Kier alpha value is -1.24. The Kier molecular flexibility index (Phi) is 6.54. The van der Waals surface area contributed by atoms with Gasteiger partial charge in [-0.05, 0) is 24.6 Å². The fraction of sp³-hybridized carbons (Fsp3) is 0.158. The molecule has 3 aromatic rings. The number of carbonyl (C=O) groups excluding carboxylic acids is 1. The van der Waals surface area contributed by atoms with Crippen LogP contribution in [0.2, 0.25) is 0 Å². The number of rotatable bonds is 4. The predicted octanol–water partition coefficient (Wildman–Crippen LogP) is 3.23. The van der Waals surface area contributed by atoms with Crippen molar-refractivity contribution in [3.63, 3.8) is 0 Å². The minimum absolute atomic E-state index is 0. The summed E-state index contributed by atoms with van der Waals surface area (Å²) >= 11 is 0. The first kappa shape index (κ1) is 19.1. The van der Waals surface area contributed by atoms with E-state index in [0.717, 1.165) is 5.56 Å². The van der Waals surface area contributed by atoms with E-state index in [1.165, 1.54) is 6.92 Å². The van der Waals surface area contributed by atoms with E-state index in [0.29, 0.717) is 11.0 Å². The van der Waals surface area contributed by atoms with Crippen molar-refractivity contribution in [2.45, 2.75) is 19.3 Å². The van der Waals surface area contributed by atoms with E-state index >= 15 is 0 Å². The van der Waals surface area contributed by atoms with Crippen LogP contribution in [-0.4, -0.2) is 62.3 Å². The molecule has 3 rings (SSSR count). The normalized spacial score (nSPS) is 11.7. The summed E-state index contributed by atoms with van der Waals surface area (Å²) in [6.07, 6.45) is 0.126. The third-order valence-electron chi connectivity index (χ3n) is 3.86. The van der Waals surface area contributed by atoms with Crippen LogP contribution in [0, 0.1) is 0 Å². The number of benzene rings is 2. The van der Waals surface area contributed by atoms with Gasteiger partial charge in [0.25, 0.3) is 0 Å². The monoisotopic (exact) mass is 347 g/mol. The van der Waals surface area contributed by atoms with Gasteiger partial charge in [0.2, 0.25) is 0 Å². The van der Waals surface area contributed by atoms with Gasteiger partial charge in [-0.2, -0.15) is 0 Å². The number of ketones is 1. The first-order valence-corrected chi connectivity index (χ1v) is 7.37. The Balaban J connectivity index is 0.00000208. The summed E-state index contributed by atoms with van der Waals surface area (Å²) in [5.41, 5.74) is 0.635. The van der Waals surface area contributed by atoms with Crippen LogP contribution < -0.4 is 5.63 Å². The molecule has 1 radical (unpaired) electrons. The molecule has 4 nitrogen and oxygen atoms in total. The molecular formula is C19H16KO4. The van der Waals surface area contributed by atoms with E-state index in [9.17, 15) is 14.7 Å². The standard InChI is InChI=1S/C19H16O4.K/c1-12(20)11-15(13-7-3-2-4-8-13)17-18(21)14-9-5-6-10-16(14)23-19(17)22;/h2-10,15,21H,11H2,1H3;. The van der Waals surface area contributed by atoms with E-state index in [4.69, 9.17) is 4.42 Å². The van der Waals surface area contributed by atoms with Gasteiger partial charge in [0.05, 0.1) is 10.9 Å². The molecule has 1 N–H and O–H groups in total. The molecule has 0 fully saturated rings. The summed E-state index contributed by atoms with van der Waals surface area (Å²) in [6.45, 7) is 1.47. The number of carbonyl (C=O) groups is 1. The average Bonchev–Trinajstić information content (AvgIpc) is 2.54. The molecule has 117 valence electrons. The van der Waals surface area contributed by atoms with Gasteiger partial charge in [0.1, 0.15) is 17.1 Å². The SMILES string of the molecule is CC(=O)CC(c1ccccc1)c1c(O)c2ccccc2oc1=O.[K]. The quantitative estimate of drug-likeness (QED) is 0.581. The third kappa shape index (κ3) is 3.87. The van der Waals surface area contributed by atoms with Crippen molar-refractivity contribution in [2.24, 2.45) is 0 Å². The summed E-state index contributed by atoms with van der Waals surface area (Å²) in [5, 5.41) is 11.1. The fourth-order valence-electron chi connectivity index (χ4n) is 2.81. The van der Waals surface area contributed by atoms with Crippen LogP contribution in [0.1, 0.15) is 30.4 Å². The minimum Gasteiger partial charge on any atom is -0.507 e. The third-order valence-corrected chi connectivity index (χ3v) is 3.86. The molecule has 24 heavy (non-hydrogen) atoms. The van der Waals surface area contributed by atoms with Gasteiger partial charge in [0, 0.05) is 63.7 Å². The molecule has 1 atom stereocenters. The Morgan fingerprint density at radius 3 is 2.38 bits per heavy atom. The maximum atomic E-state index is 12.4. The van der Waals surface area contributed by atoms with Crippen molar-refractivity contribution in [1.29, 1.82) is 0 Å². The molecule has 5 heteroatoms. The topological polar surface area (TPSA) is 67.5 Å². The molecule has 1 heterocycles. The maximum Gasteiger partial charge on any atom is 0.343 e. The molecule has 0 amide bonds. The molecule has 0 bridgehead atoms. The van der Waals surface area contributed by atoms with E-state index < -0.39 is 11.5 Å². The molecule has 0 saturated heterocycles. The second-order valence-electron chi connectivity index (χ2n) is 5.52. The Labute approximate surface area is 181 Å². The number of hydrogen-bond acceptors (Lipinski definition) is 4. The summed E-state index contributed by atoms with van der Waals surface area (Å²) in [5.74, 6) is -0.715. The number of aromatic hydroxyl groups is 1. The van der Waals surface area contributed by atoms with Gasteiger partial charge < -0.3 is 9.52 Å². The largest absolute Gasteiger partial charge is 0.507 e. The van der Waals surface area contributed by atoms with Gasteiger partial charge in [-0.3, -0.25) is 4.79 Å². The van der Waals surface area contributed by atoms with Gasteiger partial charge in [-0.25, -0.2) is 4.79 Å². The smallest absolute Gasteiger partial charge is 0.343 e. The Morgan fingerprint density at radius 1 is 1.08 bits per heavy atom. The van der Waals surface area contributed by atoms with Crippen LogP contribution in [0.25, 0.3) is 11.0 Å². The van der Waals surface area contributed by atoms with E-state index in [1.54, 1.807) is 24.3 Å². The second-order valence-corrected chi connectivity index (χ2v) is 5.52. The summed E-state index contributed by atoms with van der Waals surface area (Å²) in [4.78, 5) is 24.1. The summed E-state index contributed by atoms with van der Waals surface area (Å²) < 4.78 is 5.33. The minimum atomic E-state index is -0.615. The van der Waals surface area contributed by atoms with Gasteiger partial charge in [-0.15, -0.1) is 0 Å². The van der Waals surface area contributed by atoms with Gasteiger partial charge in [-0.1, -0.05) is 42.5 Å². The van der Waals surface area contributed by atoms with Crippen LogP contribution in [-0.2, 0) is 4.79 Å². The molecule has 1 aromatic heterocycles. The van der Waals surface area contributed by atoms with Crippen molar-refractivity contribution in [3.8, 4) is 5.75 Å². The van der Waals surface area contributed by atoms with Crippen LogP contribution in [0.15, 0.2) is 63.8 Å². The first-order valence-electron chi connectivity index (χ1n) is 7.37. The number of hydrogen-bond donors (Lipinski definition) is 1. The molecule has 1 unspecified atom stereocenters. The zero-order valence-corrected chi connectivity index (χ0v) is 16.8. The number of Topliss-reactive ketones (excluding diaryl/α,β-unsaturated/α-hetero) is 1. The zero-order valence-electron chi connectivity index (χ0n) is 13.7. The predicted molar refractivity (Wildman–Crippen MR) is 93.5 cm³/mol. The summed E-state index contributed by atoms with van der Waals surface area (Å²) in [6, 6.07) is 16.0. The Morgan fingerprint density at radius 2 is 1.71 bits per heavy atom. The number of fused-ring (bicyclic) bond motifs is 1. The maximum absolute atomic E-state index is 12.4. The molecular weight excluding hydrogens is 331 g/mol. The van der Waals surface area contributed by atoms with E-state index in [-0.39, 0.29) is 74.9 Å². The van der Waals surface area contributed by atoms with E-state index in [1.807, 2.05) is 30.3 Å². The zero-order chi connectivity index (χ0) is 16.4. The van der Waals surface area contributed by atoms with Crippen molar-refractivity contribution in [3.05, 3.63) is 76.1 Å². The van der Waals surface area contributed by atoms with Crippen LogP contribution in [0.5, 0.6) is 5.75 Å². The van der Waals surface area contributed by atoms with Crippen LogP contribution >= 0.6 is 0 Å². The van der Waals surface area contributed by atoms with Crippen molar-refractivity contribution in [1.82, 2.24) is 0 Å². The van der Waals surface area contributed by atoms with Crippen molar-refractivity contribution in [2.75, 3.05) is 0 Å². The number of para-hydroxylation sites is 1. The van der Waals surface area contributed by atoms with E-state index in [2.05, 4.69) is 0 Å². The van der Waals surface area contributed by atoms with Crippen molar-refractivity contribution < 1.29 is 14.3 Å². The van der Waals surface area contributed by atoms with Gasteiger partial charge in [0.15, 0.2) is 0 Å².